The van der Waals surface area contributed by atoms with Gasteiger partial charge in [0.05, 0.1) is 18.6 Å². The predicted molar refractivity (Wildman–Crippen MR) is 132 cm³/mol. The number of anilines is 1. The maximum absolute atomic E-state index is 13.2. The molecule has 0 saturated heterocycles. The van der Waals surface area contributed by atoms with Crippen molar-refractivity contribution in [3.05, 3.63) is 54.1 Å². The van der Waals surface area contributed by atoms with Crippen LogP contribution in [0.2, 0.25) is 0 Å². The molecule has 2 aromatic carbocycles. The van der Waals surface area contributed by atoms with Gasteiger partial charge in [-0.25, -0.2) is 8.42 Å². The molecule has 0 radical (unpaired) electrons. The molecule has 1 unspecified atom stereocenters. The van der Waals surface area contributed by atoms with Gasteiger partial charge in [0, 0.05) is 18.3 Å². The van der Waals surface area contributed by atoms with Gasteiger partial charge in [0.15, 0.2) is 0 Å². The van der Waals surface area contributed by atoms with E-state index in [9.17, 15) is 18.0 Å². The van der Waals surface area contributed by atoms with Crippen molar-refractivity contribution >= 4 is 39.3 Å². The fraction of sp³-hybridized carbons (Fsp3) is 0.391. The highest BCUT2D eigenvalue weighted by molar-refractivity contribution is 7.98. The van der Waals surface area contributed by atoms with Crippen LogP contribution in [0.4, 0.5) is 5.69 Å². The summed E-state index contributed by atoms with van der Waals surface area (Å²) < 4.78 is 33.4. The summed E-state index contributed by atoms with van der Waals surface area (Å²) in [6.07, 6.45) is 2.19. The van der Waals surface area contributed by atoms with Gasteiger partial charge in [0.2, 0.25) is 21.8 Å². The van der Waals surface area contributed by atoms with E-state index in [0.29, 0.717) is 23.6 Å². The van der Waals surface area contributed by atoms with Crippen LogP contribution in [0.5, 0.6) is 5.75 Å². The van der Waals surface area contributed by atoms with E-state index in [1.54, 1.807) is 43.3 Å². The number of nitrogens with zero attached hydrogens (tertiary/aromatic N) is 1. The van der Waals surface area contributed by atoms with Crippen molar-refractivity contribution in [1.29, 1.82) is 0 Å². The molecule has 0 heterocycles. The maximum atomic E-state index is 13.2. The summed E-state index contributed by atoms with van der Waals surface area (Å²) in [5.41, 5.74) is 1.48. The van der Waals surface area contributed by atoms with Crippen molar-refractivity contribution in [3.8, 4) is 5.75 Å². The summed E-state index contributed by atoms with van der Waals surface area (Å²) in [6.45, 7) is 3.67. The topological polar surface area (TPSA) is 105 Å². The Morgan fingerprint density at radius 1 is 1.15 bits per heavy atom. The number of ether oxygens (including phenoxy) is 1. The molecule has 1 atom stereocenters. The minimum absolute atomic E-state index is 0.0915. The molecule has 2 rings (SSSR count). The first-order valence-corrected chi connectivity index (χ1v) is 13.4. The van der Waals surface area contributed by atoms with E-state index in [-0.39, 0.29) is 23.9 Å². The molecule has 180 valence electrons. The third kappa shape index (κ3) is 8.06. The number of methoxy groups -OCH3 is 1. The second-order valence-electron chi connectivity index (χ2n) is 7.40. The largest absolute Gasteiger partial charge is 0.497 e. The quantitative estimate of drug-likeness (QED) is 0.471. The van der Waals surface area contributed by atoms with Crippen LogP contribution < -0.4 is 14.8 Å². The number of likely N-dealkylation sites (N-methyl/N-ethyl adjacent to an activating group) is 1. The molecule has 0 aliphatic carbocycles. The van der Waals surface area contributed by atoms with Crippen LogP contribution in [0.1, 0.15) is 18.9 Å². The van der Waals surface area contributed by atoms with E-state index in [4.69, 9.17) is 4.74 Å². The number of rotatable bonds is 12. The molecule has 0 aliphatic rings. The normalized spacial score (nSPS) is 12.1. The Kier molecular flexibility index (Phi) is 10.2. The molecule has 0 saturated carbocycles. The van der Waals surface area contributed by atoms with E-state index in [0.717, 1.165) is 5.56 Å². The van der Waals surface area contributed by atoms with Crippen molar-refractivity contribution in [2.75, 3.05) is 37.5 Å². The molecule has 2 amide bonds. The number of hydrogen-bond donors (Lipinski definition) is 2. The van der Waals surface area contributed by atoms with Crippen molar-refractivity contribution < 1.29 is 22.7 Å². The number of benzene rings is 2. The summed E-state index contributed by atoms with van der Waals surface area (Å²) in [7, 11) is -2.37. The number of hydrogen-bond acceptors (Lipinski definition) is 6. The van der Waals surface area contributed by atoms with Gasteiger partial charge in [-0.3, -0.25) is 9.59 Å². The van der Waals surface area contributed by atoms with Crippen LogP contribution in [0.3, 0.4) is 0 Å². The van der Waals surface area contributed by atoms with E-state index in [1.165, 1.54) is 35.9 Å². The highest BCUT2D eigenvalue weighted by Gasteiger charge is 2.29. The van der Waals surface area contributed by atoms with Crippen LogP contribution in [-0.4, -0.2) is 63.4 Å². The predicted octanol–water partition coefficient (Wildman–Crippen LogP) is 2.89. The molecular weight excluding hydrogens is 462 g/mol. The minimum Gasteiger partial charge on any atom is -0.497 e. The van der Waals surface area contributed by atoms with Gasteiger partial charge in [-0.1, -0.05) is 23.8 Å². The van der Waals surface area contributed by atoms with Crippen LogP contribution in [0, 0.1) is 6.92 Å². The maximum Gasteiger partial charge on any atom is 0.243 e. The van der Waals surface area contributed by atoms with E-state index >= 15 is 0 Å². The Morgan fingerprint density at radius 3 is 2.45 bits per heavy atom. The first-order valence-electron chi connectivity index (χ1n) is 10.5. The molecule has 8 nitrogen and oxygen atoms in total. The minimum atomic E-state index is -3.90. The van der Waals surface area contributed by atoms with Gasteiger partial charge in [-0.15, -0.1) is 0 Å². The van der Waals surface area contributed by atoms with Crippen LogP contribution in [0.15, 0.2) is 53.4 Å². The summed E-state index contributed by atoms with van der Waals surface area (Å²) in [5.74, 6) is 0.353. The second-order valence-corrected chi connectivity index (χ2v) is 10.1. The van der Waals surface area contributed by atoms with Gasteiger partial charge in [0.1, 0.15) is 11.8 Å². The number of aryl methyl sites for hydroxylation is 1. The number of thioether (sulfide) groups is 1. The lowest BCUT2D eigenvalue weighted by Crippen LogP contribution is -2.50. The molecule has 10 heteroatoms. The van der Waals surface area contributed by atoms with E-state index < -0.39 is 22.0 Å². The lowest BCUT2D eigenvalue weighted by Gasteiger charge is -2.26. The van der Waals surface area contributed by atoms with Crippen LogP contribution in [0.25, 0.3) is 0 Å². The number of amides is 2. The first kappa shape index (κ1) is 26.7. The summed E-state index contributed by atoms with van der Waals surface area (Å²) in [5, 5.41) is 2.74. The SMILES string of the molecule is CCN(CC(=O)Nc1cccc(OC)c1)C(=O)C(CCSC)NS(=O)(=O)c1ccc(C)cc1. The van der Waals surface area contributed by atoms with Crippen molar-refractivity contribution in [1.82, 2.24) is 9.62 Å². The first-order chi connectivity index (χ1) is 15.7. The summed E-state index contributed by atoms with van der Waals surface area (Å²) >= 11 is 1.51. The lowest BCUT2D eigenvalue weighted by molar-refractivity contribution is -0.136. The molecule has 0 aromatic heterocycles. The van der Waals surface area contributed by atoms with E-state index in [2.05, 4.69) is 10.0 Å². The molecule has 0 aliphatic heterocycles. The Morgan fingerprint density at radius 2 is 1.85 bits per heavy atom. The fourth-order valence-electron chi connectivity index (χ4n) is 3.08. The number of carbonyl (C=O) groups excluding carboxylic acids is 2. The lowest BCUT2D eigenvalue weighted by atomic mass is 10.2. The summed E-state index contributed by atoms with van der Waals surface area (Å²) in [4.78, 5) is 27.2. The van der Waals surface area contributed by atoms with E-state index in [1.807, 2.05) is 13.2 Å². The van der Waals surface area contributed by atoms with Gasteiger partial charge in [-0.2, -0.15) is 16.5 Å². The Labute approximate surface area is 200 Å². The molecular formula is C23H31N3O5S2. The highest BCUT2D eigenvalue weighted by atomic mass is 32.2. The molecule has 0 spiro atoms. The molecule has 2 N–H and O–H groups in total. The zero-order valence-electron chi connectivity index (χ0n) is 19.3. The Bertz CT molecular complexity index is 1040. The zero-order valence-corrected chi connectivity index (χ0v) is 21.0. The number of sulfonamides is 1. The fourth-order valence-corrected chi connectivity index (χ4v) is 4.78. The number of carbonyl (C=O) groups is 2. The monoisotopic (exact) mass is 493 g/mol. The third-order valence-corrected chi connectivity index (χ3v) is 7.05. The van der Waals surface area contributed by atoms with Gasteiger partial charge in [-0.05, 0) is 56.5 Å². The van der Waals surface area contributed by atoms with Crippen molar-refractivity contribution in [3.63, 3.8) is 0 Å². The molecule has 33 heavy (non-hydrogen) atoms. The second kappa shape index (κ2) is 12.6. The smallest absolute Gasteiger partial charge is 0.243 e. The van der Waals surface area contributed by atoms with Gasteiger partial charge < -0.3 is 15.0 Å². The van der Waals surface area contributed by atoms with Crippen molar-refractivity contribution in [2.24, 2.45) is 0 Å². The zero-order chi connectivity index (χ0) is 24.4. The molecule has 0 fully saturated rings. The average Bonchev–Trinajstić information content (AvgIpc) is 2.80. The van der Waals surface area contributed by atoms with Crippen molar-refractivity contribution in [2.45, 2.75) is 31.2 Å². The highest BCUT2D eigenvalue weighted by Crippen LogP contribution is 2.17. The van der Waals surface area contributed by atoms with Crippen LogP contribution >= 0.6 is 11.8 Å². The molecule has 2 aromatic rings. The van der Waals surface area contributed by atoms with Gasteiger partial charge >= 0.3 is 0 Å². The third-order valence-electron chi connectivity index (χ3n) is 4.92. The summed E-state index contributed by atoms with van der Waals surface area (Å²) in [6, 6.07) is 12.3. The Hall–Kier alpha value is -2.56. The van der Waals surface area contributed by atoms with Crippen LogP contribution in [-0.2, 0) is 19.6 Å². The molecule has 0 bridgehead atoms. The average molecular weight is 494 g/mol. The Balaban J connectivity index is 2.14. The van der Waals surface area contributed by atoms with Gasteiger partial charge in [0.25, 0.3) is 0 Å². The number of nitrogens with one attached hydrogen (secondary N) is 2. The standard InChI is InChI=1S/C23H31N3O5S2/c1-5-26(16-22(27)24-18-7-6-8-19(15-18)31-3)23(28)21(13-14-32-4)25-33(29,30)20-11-9-17(2)10-12-20/h6-12,15,21,25H,5,13-14,16H2,1-4H3,(H,24,27).